The lowest BCUT2D eigenvalue weighted by atomic mass is 9.78. The van der Waals surface area contributed by atoms with E-state index < -0.39 is 0 Å². The molecular weight excluding hydrogens is 300 g/mol. The normalized spacial score (nSPS) is 11.4. The van der Waals surface area contributed by atoms with Gasteiger partial charge in [-0.15, -0.1) is 0 Å². The fraction of sp³-hybridized carbons (Fsp3) is 0.294. The van der Waals surface area contributed by atoms with Crippen molar-refractivity contribution >= 4 is 15.9 Å². The molecule has 1 nitrogen and oxygen atoms in total. The Morgan fingerprint density at radius 1 is 0.895 bits per heavy atom. The van der Waals surface area contributed by atoms with E-state index in [9.17, 15) is 0 Å². The Bertz CT molecular complexity index is 526. The van der Waals surface area contributed by atoms with Gasteiger partial charge < -0.3 is 4.74 Å². The molecule has 2 heteroatoms. The van der Waals surface area contributed by atoms with E-state index in [0.717, 1.165) is 10.2 Å². The maximum Gasteiger partial charge on any atom is 0.119 e. The van der Waals surface area contributed by atoms with Crippen LogP contribution >= 0.6 is 15.9 Å². The number of hydrogen-bond donors (Lipinski definition) is 0. The summed E-state index contributed by atoms with van der Waals surface area (Å²) in [5.41, 5.74) is 2.59. The average Bonchev–Trinajstić information content (AvgIpc) is 2.40. The van der Waals surface area contributed by atoms with Crippen molar-refractivity contribution in [2.45, 2.75) is 26.2 Å². The molecule has 100 valence electrons. The van der Waals surface area contributed by atoms with Gasteiger partial charge in [0.15, 0.2) is 0 Å². The summed E-state index contributed by atoms with van der Waals surface area (Å²) >= 11 is 3.48. The van der Waals surface area contributed by atoms with Crippen molar-refractivity contribution in [1.29, 1.82) is 0 Å². The van der Waals surface area contributed by atoms with Crippen molar-refractivity contribution in [3.63, 3.8) is 0 Å². The zero-order chi connectivity index (χ0) is 13.9. The van der Waals surface area contributed by atoms with Gasteiger partial charge in [-0.3, -0.25) is 0 Å². The van der Waals surface area contributed by atoms with Gasteiger partial charge in [-0.25, -0.2) is 0 Å². The zero-order valence-corrected chi connectivity index (χ0v) is 13.2. The summed E-state index contributed by atoms with van der Waals surface area (Å²) in [5.74, 6) is 0.929. The lowest BCUT2D eigenvalue weighted by Gasteiger charge is -2.26. The van der Waals surface area contributed by atoms with Crippen molar-refractivity contribution in [1.82, 2.24) is 0 Å². The minimum absolute atomic E-state index is 0.00849. The van der Waals surface area contributed by atoms with Gasteiger partial charge in [0, 0.05) is 9.89 Å². The fourth-order valence-corrected chi connectivity index (χ4v) is 2.43. The number of benzene rings is 2. The Hall–Kier alpha value is -1.28. The average molecular weight is 319 g/mol. The zero-order valence-electron chi connectivity index (χ0n) is 11.6. The molecule has 19 heavy (non-hydrogen) atoms. The first-order valence-electron chi connectivity index (χ1n) is 6.53. The molecule has 0 aliphatic heterocycles. The maximum atomic E-state index is 5.49. The first-order chi connectivity index (χ1) is 9.04. The minimum Gasteiger partial charge on any atom is -0.494 e. The third-order valence-corrected chi connectivity index (χ3v) is 3.98. The lowest BCUT2D eigenvalue weighted by Crippen LogP contribution is -2.18. The predicted molar refractivity (Wildman–Crippen MR) is 83.9 cm³/mol. The Balaban J connectivity index is 2.30. The van der Waals surface area contributed by atoms with Gasteiger partial charge in [0.2, 0.25) is 0 Å². The third kappa shape index (κ3) is 3.19. The van der Waals surface area contributed by atoms with Gasteiger partial charge in [-0.1, -0.05) is 54.0 Å². The number of hydrogen-bond acceptors (Lipinski definition) is 1. The van der Waals surface area contributed by atoms with E-state index in [1.54, 1.807) is 0 Å². The summed E-state index contributed by atoms with van der Waals surface area (Å²) < 4.78 is 6.60. The highest BCUT2D eigenvalue weighted by atomic mass is 79.9. The van der Waals surface area contributed by atoms with Gasteiger partial charge in [0.05, 0.1) is 6.61 Å². The van der Waals surface area contributed by atoms with Crippen LogP contribution in [0.2, 0.25) is 0 Å². The summed E-state index contributed by atoms with van der Waals surface area (Å²) in [5, 5.41) is 0. The van der Waals surface area contributed by atoms with E-state index in [1.807, 2.05) is 19.1 Å². The van der Waals surface area contributed by atoms with Crippen LogP contribution in [0.1, 0.15) is 31.9 Å². The molecule has 0 unspecified atom stereocenters. The van der Waals surface area contributed by atoms with Crippen molar-refractivity contribution in [2.24, 2.45) is 0 Å². The van der Waals surface area contributed by atoms with Gasteiger partial charge >= 0.3 is 0 Å². The van der Waals surface area contributed by atoms with E-state index in [0.29, 0.717) is 6.61 Å². The lowest BCUT2D eigenvalue weighted by molar-refractivity contribution is 0.340. The van der Waals surface area contributed by atoms with Crippen molar-refractivity contribution < 1.29 is 4.74 Å². The molecule has 0 saturated carbocycles. The molecule has 0 fully saturated rings. The minimum atomic E-state index is -0.00849. The monoisotopic (exact) mass is 318 g/mol. The van der Waals surface area contributed by atoms with Crippen LogP contribution in [-0.4, -0.2) is 6.61 Å². The predicted octanol–water partition coefficient (Wildman–Crippen LogP) is 5.17. The molecule has 0 spiro atoms. The molecule has 0 atom stereocenters. The van der Waals surface area contributed by atoms with Crippen molar-refractivity contribution in [3.05, 3.63) is 64.1 Å². The summed E-state index contributed by atoms with van der Waals surface area (Å²) in [6.07, 6.45) is 0. The first kappa shape index (κ1) is 14.1. The van der Waals surface area contributed by atoms with Gasteiger partial charge in [0.1, 0.15) is 5.75 Å². The standard InChI is InChI=1S/C17H19BrO/c1-4-19-16-11-7-14(8-12-16)17(2,3)13-5-9-15(18)10-6-13/h5-12H,4H2,1-3H3. The van der Waals surface area contributed by atoms with E-state index >= 15 is 0 Å². The quantitative estimate of drug-likeness (QED) is 0.755. The second-order valence-corrected chi connectivity index (χ2v) is 6.00. The van der Waals surface area contributed by atoms with Crippen LogP contribution in [0.25, 0.3) is 0 Å². The van der Waals surface area contributed by atoms with Crippen molar-refractivity contribution in [3.8, 4) is 5.75 Å². The molecular formula is C17H19BrO. The molecule has 2 aromatic carbocycles. The second-order valence-electron chi connectivity index (χ2n) is 5.09. The molecule has 0 saturated heterocycles. The van der Waals surface area contributed by atoms with Crippen LogP contribution in [0.3, 0.4) is 0 Å². The van der Waals surface area contributed by atoms with Gasteiger partial charge in [0.25, 0.3) is 0 Å². The van der Waals surface area contributed by atoms with Crippen molar-refractivity contribution in [2.75, 3.05) is 6.61 Å². The Kier molecular flexibility index (Phi) is 4.31. The molecule has 0 amide bonds. The molecule has 2 aromatic rings. The highest BCUT2D eigenvalue weighted by Crippen LogP contribution is 2.32. The SMILES string of the molecule is CCOc1ccc(C(C)(C)c2ccc(Br)cc2)cc1. The smallest absolute Gasteiger partial charge is 0.119 e. The van der Waals surface area contributed by atoms with E-state index in [2.05, 4.69) is 66.2 Å². The molecule has 0 bridgehead atoms. The summed E-state index contributed by atoms with van der Waals surface area (Å²) in [6, 6.07) is 16.9. The summed E-state index contributed by atoms with van der Waals surface area (Å²) in [6.45, 7) is 7.19. The van der Waals surface area contributed by atoms with E-state index in [-0.39, 0.29) is 5.41 Å². The summed E-state index contributed by atoms with van der Waals surface area (Å²) in [7, 11) is 0. The molecule has 0 heterocycles. The first-order valence-corrected chi connectivity index (χ1v) is 7.32. The Morgan fingerprint density at radius 3 is 1.84 bits per heavy atom. The highest BCUT2D eigenvalue weighted by molar-refractivity contribution is 9.10. The maximum absolute atomic E-state index is 5.49. The largest absolute Gasteiger partial charge is 0.494 e. The Morgan fingerprint density at radius 2 is 1.37 bits per heavy atom. The summed E-state index contributed by atoms with van der Waals surface area (Å²) in [4.78, 5) is 0. The molecule has 0 aliphatic rings. The van der Waals surface area contributed by atoms with E-state index in [4.69, 9.17) is 4.74 Å². The molecule has 0 aliphatic carbocycles. The van der Waals surface area contributed by atoms with Crippen LogP contribution in [0.5, 0.6) is 5.75 Å². The highest BCUT2D eigenvalue weighted by Gasteiger charge is 2.22. The molecule has 0 radical (unpaired) electrons. The number of halogens is 1. The fourth-order valence-electron chi connectivity index (χ4n) is 2.17. The van der Waals surface area contributed by atoms with Crippen LogP contribution in [0.15, 0.2) is 53.0 Å². The van der Waals surface area contributed by atoms with Gasteiger partial charge in [-0.2, -0.15) is 0 Å². The van der Waals surface area contributed by atoms with Crippen LogP contribution in [0.4, 0.5) is 0 Å². The third-order valence-electron chi connectivity index (χ3n) is 3.45. The van der Waals surface area contributed by atoms with Crippen LogP contribution in [-0.2, 0) is 5.41 Å². The Labute approximate surface area is 123 Å². The van der Waals surface area contributed by atoms with Crippen LogP contribution < -0.4 is 4.74 Å². The second kappa shape index (κ2) is 5.79. The topological polar surface area (TPSA) is 9.23 Å². The molecule has 0 aromatic heterocycles. The number of ether oxygens (including phenoxy) is 1. The molecule has 0 N–H and O–H groups in total. The van der Waals surface area contributed by atoms with Gasteiger partial charge in [-0.05, 0) is 42.3 Å². The van der Waals surface area contributed by atoms with Crippen LogP contribution in [0, 0.1) is 0 Å². The van der Waals surface area contributed by atoms with E-state index in [1.165, 1.54) is 11.1 Å². The number of rotatable bonds is 4. The molecule has 2 rings (SSSR count).